The van der Waals surface area contributed by atoms with E-state index in [9.17, 15) is 0 Å². The topological polar surface area (TPSA) is 3.88 Å². The van der Waals surface area contributed by atoms with Crippen LogP contribution in [0.2, 0.25) is 19.6 Å². The van der Waals surface area contributed by atoms with Crippen LogP contribution in [0.25, 0.3) is 32.8 Å². The van der Waals surface area contributed by atoms with Gasteiger partial charge in [0, 0.05) is 6.07 Å². The third kappa shape index (κ3) is 2.84. The summed E-state index contributed by atoms with van der Waals surface area (Å²) in [6.45, 7) is 9.44. The summed E-state index contributed by atoms with van der Waals surface area (Å²) in [5.74, 6) is 0. The Morgan fingerprint density at radius 1 is 0.769 bits per heavy atom. The molecule has 0 saturated carbocycles. The van der Waals surface area contributed by atoms with Gasteiger partial charge in [0.05, 0.1) is 19.0 Å². The van der Waals surface area contributed by atoms with E-state index >= 15 is 0 Å². The standard InChI is InChI=1S/C24H26NSi/c1-17-14-18-8-6-7-9-19(18)16-23(17)24-22-11-10-21(26(3,4)5)15-20(22)12-13-25(24)2/h6-16H,1-5H3/q+1. The number of rotatable bonds is 2. The molecule has 0 atom stereocenters. The van der Waals surface area contributed by atoms with Gasteiger partial charge in [-0.15, -0.1) is 0 Å². The lowest BCUT2D eigenvalue weighted by molar-refractivity contribution is -0.659. The third-order valence-electron chi connectivity index (χ3n) is 5.35. The molecule has 2 heteroatoms. The number of fused-ring (bicyclic) bond motifs is 2. The minimum Gasteiger partial charge on any atom is -0.200 e. The minimum atomic E-state index is -1.31. The molecular weight excluding hydrogens is 330 g/mol. The van der Waals surface area contributed by atoms with Gasteiger partial charge in [0.2, 0.25) is 5.69 Å². The van der Waals surface area contributed by atoms with E-state index in [1.807, 2.05) is 0 Å². The number of aryl methyl sites for hydroxylation is 2. The second-order valence-corrected chi connectivity index (χ2v) is 13.4. The minimum absolute atomic E-state index is 1.30. The molecule has 1 aromatic heterocycles. The van der Waals surface area contributed by atoms with Gasteiger partial charge in [0.1, 0.15) is 7.05 Å². The number of benzene rings is 3. The van der Waals surface area contributed by atoms with Crippen LogP contribution in [0.4, 0.5) is 0 Å². The van der Waals surface area contributed by atoms with Crippen molar-refractivity contribution < 1.29 is 4.57 Å². The van der Waals surface area contributed by atoms with Crippen LogP contribution in [0.5, 0.6) is 0 Å². The van der Waals surface area contributed by atoms with Crippen LogP contribution in [0.15, 0.2) is 66.9 Å². The fourth-order valence-corrected chi connectivity index (χ4v) is 4.96. The number of aromatic nitrogens is 1. The fraction of sp³-hybridized carbons (Fsp3) is 0.208. The van der Waals surface area contributed by atoms with Crippen LogP contribution < -0.4 is 9.75 Å². The molecule has 4 aromatic rings. The summed E-state index contributed by atoms with van der Waals surface area (Å²) >= 11 is 0. The number of hydrogen-bond acceptors (Lipinski definition) is 0. The van der Waals surface area contributed by atoms with Crippen molar-refractivity contribution in [1.29, 1.82) is 0 Å². The maximum absolute atomic E-state index is 2.41. The van der Waals surface area contributed by atoms with Crippen molar-refractivity contribution in [2.45, 2.75) is 26.6 Å². The lowest BCUT2D eigenvalue weighted by Crippen LogP contribution is -2.37. The van der Waals surface area contributed by atoms with E-state index in [0.717, 1.165) is 0 Å². The smallest absolute Gasteiger partial charge is 0.200 e. The quantitative estimate of drug-likeness (QED) is 0.337. The molecule has 0 unspecified atom stereocenters. The van der Waals surface area contributed by atoms with Crippen molar-refractivity contribution in [2.75, 3.05) is 0 Å². The second-order valence-electron chi connectivity index (χ2n) is 8.34. The molecule has 3 aromatic carbocycles. The Balaban J connectivity index is 2.02. The predicted octanol–water partition coefficient (Wildman–Crippen LogP) is 5.34. The summed E-state index contributed by atoms with van der Waals surface area (Å²) in [5, 5.41) is 6.78. The Morgan fingerprint density at radius 3 is 2.15 bits per heavy atom. The van der Waals surface area contributed by atoms with Gasteiger partial charge < -0.3 is 0 Å². The third-order valence-corrected chi connectivity index (χ3v) is 7.39. The molecule has 0 spiro atoms. The Hall–Kier alpha value is -2.45. The summed E-state index contributed by atoms with van der Waals surface area (Å²) < 4.78 is 2.26. The van der Waals surface area contributed by atoms with Crippen LogP contribution in [0, 0.1) is 6.92 Å². The molecule has 0 bridgehead atoms. The van der Waals surface area contributed by atoms with Crippen LogP contribution in [-0.2, 0) is 7.05 Å². The average molecular weight is 357 g/mol. The Morgan fingerprint density at radius 2 is 1.46 bits per heavy atom. The van der Waals surface area contributed by atoms with Gasteiger partial charge in [-0.1, -0.05) is 67.3 Å². The highest BCUT2D eigenvalue weighted by Crippen LogP contribution is 2.31. The van der Waals surface area contributed by atoms with Gasteiger partial charge >= 0.3 is 0 Å². The molecule has 4 rings (SSSR count). The van der Waals surface area contributed by atoms with E-state index in [1.54, 1.807) is 0 Å². The first kappa shape index (κ1) is 17.0. The molecule has 130 valence electrons. The molecule has 0 amide bonds. The normalized spacial score (nSPS) is 12.0. The lowest BCUT2D eigenvalue weighted by atomic mass is 9.96. The highest BCUT2D eigenvalue weighted by Gasteiger charge is 2.21. The first-order valence-corrected chi connectivity index (χ1v) is 12.8. The number of pyridine rings is 1. The molecule has 0 aliphatic heterocycles. The Bertz CT molecular complexity index is 1140. The Labute approximate surface area is 156 Å². The second kappa shape index (κ2) is 6.06. The van der Waals surface area contributed by atoms with Gasteiger partial charge in [-0.25, -0.2) is 4.57 Å². The zero-order valence-electron chi connectivity index (χ0n) is 16.3. The lowest BCUT2D eigenvalue weighted by Gasteiger charge is -2.17. The van der Waals surface area contributed by atoms with Crippen molar-refractivity contribution in [3.05, 3.63) is 72.4 Å². The number of nitrogens with zero attached hydrogens (tertiary/aromatic N) is 1. The van der Waals surface area contributed by atoms with Crippen molar-refractivity contribution in [1.82, 2.24) is 0 Å². The van der Waals surface area contributed by atoms with Gasteiger partial charge in [-0.2, -0.15) is 0 Å². The van der Waals surface area contributed by atoms with Gasteiger partial charge in [0.25, 0.3) is 0 Å². The summed E-state index contributed by atoms with van der Waals surface area (Å²) in [5.41, 5.74) is 3.94. The molecule has 1 nitrogen and oxygen atoms in total. The van der Waals surface area contributed by atoms with Gasteiger partial charge in [-0.3, -0.25) is 0 Å². The van der Waals surface area contributed by atoms with E-state index in [2.05, 4.69) is 105 Å². The molecule has 0 radical (unpaired) electrons. The predicted molar refractivity (Wildman–Crippen MR) is 116 cm³/mol. The molecule has 26 heavy (non-hydrogen) atoms. The van der Waals surface area contributed by atoms with Gasteiger partial charge in [0.15, 0.2) is 6.20 Å². The van der Waals surface area contributed by atoms with Gasteiger partial charge in [-0.05, 0) is 40.8 Å². The zero-order chi connectivity index (χ0) is 18.5. The van der Waals surface area contributed by atoms with E-state index in [0.29, 0.717) is 0 Å². The van der Waals surface area contributed by atoms with E-state index < -0.39 is 8.07 Å². The van der Waals surface area contributed by atoms with E-state index in [4.69, 9.17) is 0 Å². The molecule has 0 aliphatic rings. The van der Waals surface area contributed by atoms with Crippen LogP contribution in [-0.4, -0.2) is 8.07 Å². The van der Waals surface area contributed by atoms with Crippen molar-refractivity contribution in [3.63, 3.8) is 0 Å². The van der Waals surface area contributed by atoms with Crippen molar-refractivity contribution in [2.24, 2.45) is 7.05 Å². The number of hydrogen-bond donors (Lipinski definition) is 0. The monoisotopic (exact) mass is 356 g/mol. The summed E-state index contributed by atoms with van der Waals surface area (Å²) in [4.78, 5) is 0. The summed E-state index contributed by atoms with van der Waals surface area (Å²) in [6, 6.07) is 22.6. The molecule has 0 aliphatic carbocycles. The maximum atomic E-state index is 2.41. The summed E-state index contributed by atoms with van der Waals surface area (Å²) in [7, 11) is 0.834. The molecule has 1 heterocycles. The van der Waals surface area contributed by atoms with Crippen molar-refractivity contribution in [3.8, 4) is 11.3 Å². The largest absolute Gasteiger partial charge is 0.220 e. The van der Waals surface area contributed by atoms with E-state index in [1.165, 1.54) is 43.6 Å². The van der Waals surface area contributed by atoms with E-state index in [-0.39, 0.29) is 0 Å². The highest BCUT2D eigenvalue weighted by atomic mass is 28.3. The summed E-state index contributed by atoms with van der Waals surface area (Å²) in [6.07, 6.45) is 2.19. The SMILES string of the molecule is Cc1cc2ccccc2cc1-c1c2ccc([Si](C)(C)C)cc2cc[n+]1C. The zero-order valence-corrected chi connectivity index (χ0v) is 17.3. The highest BCUT2D eigenvalue weighted by molar-refractivity contribution is 6.88. The Kier molecular flexibility index (Phi) is 3.96. The van der Waals surface area contributed by atoms with Crippen LogP contribution in [0.1, 0.15) is 5.56 Å². The first-order valence-electron chi connectivity index (χ1n) is 9.27. The van der Waals surface area contributed by atoms with Crippen molar-refractivity contribution >= 4 is 34.8 Å². The van der Waals surface area contributed by atoms with Crippen LogP contribution in [0.3, 0.4) is 0 Å². The molecular formula is C24H26NSi+. The molecule has 0 N–H and O–H groups in total. The molecule has 0 saturated heterocycles. The first-order chi connectivity index (χ1) is 12.3. The average Bonchev–Trinajstić information content (AvgIpc) is 2.60. The molecule has 0 fully saturated rings. The van der Waals surface area contributed by atoms with Crippen LogP contribution >= 0.6 is 0 Å². The maximum Gasteiger partial charge on any atom is 0.220 e. The fourth-order valence-electron chi connectivity index (χ4n) is 3.78.